The number of rotatable bonds is 4. The Morgan fingerprint density at radius 1 is 1.12 bits per heavy atom. The monoisotopic (exact) mass is 337 g/mol. The highest BCUT2D eigenvalue weighted by Gasteiger charge is 2.20. The Labute approximate surface area is 146 Å². The summed E-state index contributed by atoms with van der Waals surface area (Å²) >= 11 is 0. The lowest BCUT2D eigenvalue weighted by Gasteiger charge is -2.26. The van der Waals surface area contributed by atoms with Gasteiger partial charge >= 0.3 is 0 Å². The molecule has 1 aliphatic rings. The van der Waals surface area contributed by atoms with E-state index in [9.17, 15) is 4.39 Å². The molecular formula is C20H20FN3O. The Hall–Kier alpha value is -2.53. The van der Waals surface area contributed by atoms with Gasteiger partial charge in [-0.15, -0.1) is 0 Å². The first-order chi connectivity index (χ1) is 12.1. The fraction of sp³-hybridized carbons (Fsp3) is 0.300. The maximum Gasteiger partial charge on any atom is 0.138 e. The summed E-state index contributed by atoms with van der Waals surface area (Å²) in [5.74, 6) is 1.58. The van der Waals surface area contributed by atoms with Gasteiger partial charge in [0.2, 0.25) is 0 Å². The summed E-state index contributed by atoms with van der Waals surface area (Å²) in [5.41, 5.74) is 3.11. The van der Waals surface area contributed by atoms with Crippen molar-refractivity contribution in [1.29, 1.82) is 0 Å². The highest BCUT2D eigenvalue weighted by Crippen LogP contribution is 2.28. The SMILES string of the molecule is Cc1nc(NC(C)c2ccc(C3COC3)cc2)c2ccc(F)cc2n1. The van der Waals surface area contributed by atoms with E-state index < -0.39 is 0 Å². The van der Waals surface area contributed by atoms with Crippen molar-refractivity contribution >= 4 is 16.7 Å². The lowest BCUT2D eigenvalue weighted by Crippen LogP contribution is -2.25. The van der Waals surface area contributed by atoms with Crippen LogP contribution in [0.3, 0.4) is 0 Å². The van der Waals surface area contributed by atoms with Gasteiger partial charge in [-0.25, -0.2) is 14.4 Å². The lowest BCUT2D eigenvalue weighted by molar-refractivity contribution is 0.00841. The van der Waals surface area contributed by atoms with E-state index >= 15 is 0 Å². The molecular weight excluding hydrogens is 317 g/mol. The van der Waals surface area contributed by atoms with Crippen molar-refractivity contribution in [1.82, 2.24) is 9.97 Å². The van der Waals surface area contributed by atoms with Crippen LogP contribution in [0.1, 0.15) is 35.8 Å². The summed E-state index contributed by atoms with van der Waals surface area (Å²) in [5, 5.41) is 4.26. The molecule has 1 aliphatic heterocycles. The van der Waals surface area contributed by atoms with Gasteiger partial charge in [0.1, 0.15) is 17.5 Å². The number of nitrogens with zero attached hydrogens (tertiary/aromatic N) is 2. The molecule has 3 aromatic rings. The molecule has 0 radical (unpaired) electrons. The molecule has 1 N–H and O–H groups in total. The van der Waals surface area contributed by atoms with Crippen LogP contribution in [-0.2, 0) is 4.74 Å². The molecule has 4 rings (SSSR count). The predicted octanol–water partition coefficient (Wildman–Crippen LogP) is 4.36. The minimum absolute atomic E-state index is 0.0780. The summed E-state index contributed by atoms with van der Waals surface area (Å²) < 4.78 is 18.7. The topological polar surface area (TPSA) is 47.0 Å². The van der Waals surface area contributed by atoms with E-state index in [1.807, 2.05) is 6.92 Å². The summed E-state index contributed by atoms with van der Waals surface area (Å²) in [6.45, 7) is 5.54. The van der Waals surface area contributed by atoms with E-state index in [0.717, 1.165) is 24.4 Å². The molecule has 128 valence electrons. The molecule has 0 spiro atoms. The van der Waals surface area contributed by atoms with Crippen LogP contribution in [-0.4, -0.2) is 23.2 Å². The standard InChI is InChI=1S/C20H20FN3O/c1-12(14-3-5-15(6-4-14)16-10-25-11-16)22-20-18-8-7-17(21)9-19(18)23-13(2)24-20/h3-9,12,16H,10-11H2,1-2H3,(H,22,23,24). The fourth-order valence-corrected chi connectivity index (χ4v) is 3.10. The number of aryl methyl sites for hydroxylation is 1. The highest BCUT2D eigenvalue weighted by atomic mass is 19.1. The number of anilines is 1. The minimum atomic E-state index is -0.292. The van der Waals surface area contributed by atoms with Gasteiger partial charge in [0, 0.05) is 23.4 Å². The average molecular weight is 337 g/mol. The van der Waals surface area contributed by atoms with Crippen molar-refractivity contribution in [3.63, 3.8) is 0 Å². The van der Waals surface area contributed by atoms with Gasteiger partial charge in [-0.2, -0.15) is 0 Å². The molecule has 1 unspecified atom stereocenters. The predicted molar refractivity (Wildman–Crippen MR) is 96.3 cm³/mol. The first-order valence-electron chi connectivity index (χ1n) is 8.48. The van der Waals surface area contributed by atoms with E-state index in [2.05, 4.69) is 46.5 Å². The van der Waals surface area contributed by atoms with Gasteiger partial charge in [-0.1, -0.05) is 24.3 Å². The molecule has 25 heavy (non-hydrogen) atoms. The number of halogens is 1. The smallest absolute Gasteiger partial charge is 0.138 e. The van der Waals surface area contributed by atoms with Crippen molar-refractivity contribution < 1.29 is 9.13 Å². The van der Waals surface area contributed by atoms with Gasteiger partial charge in [0.05, 0.1) is 18.7 Å². The van der Waals surface area contributed by atoms with Gasteiger partial charge in [0.15, 0.2) is 0 Å². The number of aromatic nitrogens is 2. The zero-order valence-electron chi connectivity index (χ0n) is 14.3. The molecule has 0 saturated carbocycles. The molecule has 2 aromatic carbocycles. The number of hydrogen-bond acceptors (Lipinski definition) is 4. The van der Waals surface area contributed by atoms with Crippen LogP contribution >= 0.6 is 0 Å². The Morgan fingerprint density at radius 3 is 2.56 bits per heavy atom. The van der Waals surface area contributed by atoms with Gasteiger partial charge in [-0.05, 0) is 37.1 Å². The molecule has 4 nitrogen and oxygen atoms in total. The molecule has 1 fully saturated rings. The van der Waals surface area contributed by atoms with Crippen LogP contribution in [0.15, 0.2) is 42.5 Å². The number of ether oxygens (including phenoxy) is 1. The Bertz CT molecular complexity index is 901. The van der Waals surface area contributed by atoms with E-state index in [4.69, 9.17) is 4.74 Å². The molecule has 0 amide bonds. The van der Waals surface area contributed by atoms with Crippen LogP contribution in [0.4, 0.5) is 10.2 Å². The third-order valence-corrected chi connectivity index (χ3v) is 4.67. The second-order valence-electron chi connectivity index (χ2n) is 6.55. The minimum Gasteiger partial charge on any atom is -0.380 e. The highest BCUT2D eigenvalue weighted by molar-refractivity contribution is 5.89. The van der Waals surface area contributed by atoms with Crippen molar-refractivity contribution in [2.45, 2.75) is 25.8 Å². The van der Waals surface area contributed by atoms with Crippen molar-refractivity contribution in [3.8, 4) is 0 Å². The van der Waals surface area contributed by atoms with E-state index in [-0.39, 0.29) is 11.9 Å². The van der Waals surface area contributed by atoms with Crippen molar-refractivity contribution in [2.24, 2.45) is 0 Å². The van der Waals surface area contributed by atoms with Crippen LogP contribution in [0, 0.1) is 12.7 Å². The molecule has 2 heterocycles. The molecule has 1 saturated heterocycles. The first kappa shape index (κ1) is 16.0. The van der Waals surface area contributed by atoms with Crippen LogP contribution in [0.25, 0.3) is 10.9 Å². The molecule has 0 bridgehead atoms. The number of nitrogens with one attached hydrogen (secondary N) is 1. The average Bonchev–Trinajstić information content (AvgIpc) is 2.53. The zero-order valence-corrected chi connectivity index (χ0v) is 14.3. The number of benzene rings is 2. The van der Waals surface area contributed by atoms with E-state index in [1.165, 1.54) is 23.3 Å². The summed E-state index contributed by atoms with van der Waals surface area (Å²) in [6, 6.07) is 13.3. The Morgan fingerprint density at radius 2 is 1.88 bits per heavy atom. The maximum absolute atomic E-state index is 13.5. The molecule has 1 aromatic heterocycles. The maximum atomic E-state index is 13.5. The second-order valence-corrected chi connectivity index (χ2v) is 6.55. The van der Waals surface area contributed by atoms with E-state index in [1.54, 1.807) is 6.07 Å². The van der Waals surface area contributed by atoms with Crippen molar-refractivity contribution in [2.75, 3.05) is 18.5 Å². The van der Waals surface area contributed by atoms with Gasteiger partial charge in [-0.3, -0.25) is 0 Å². The summed E-state index contributed by atoms with van der Waals surface area (Å²) in [6.07, 6.45) is 0. The van der Waals surface area contributed by atoms with E-state index in [0.29, 0.717) is 17.3 Å². The quantitative estimate of drug-likeness (QED) is 0.768. The fourth-order valence-electron chi connectivity index (χ4n) is 3.10. The molecule has 1 atom stereocenters. The Kier molecular flexibility index (Phi) is 4.09. The first-order valence-corrected chi connectivity index (χ1v) is 8.48. The largest absolute Gasteiger partial charge is 0.380 e. The van der Waals surface area contributed by atoms with Gasteiger partial charge in [0.25, 0.3) is 0 Å². The van der Waals surface area contributed by atoms with Crippen LogP contribution < -0.4 is 5.32 Å². The zero-order chi connectivity index (χ0) is 17.4. The normalized spacial score (nSPS) is 15.8. The number of hydrogen-bond donors (Lipinski definition) is 1. The third-order valence-electron chi connectivity index (χ3n) is 4.67. The van der Waals surface area contributed by atoms with Crippen molar-refractivity contribution in [3.05, 3.63) is 65.2 Å². The Balaban J connectivity index is 1.59. The lowest BCUT2D eigenvalue weighted by atomic mass is 9.95. The van der Waals surface area contributed by atoms with Gasteiger partial charge < -0.3 is 10.1 Å². The van der Waals surface area contributed by atoms with Crippen LogP contribution in [0.2, 0.25) is 0 Å². The summed E-state index contributed by atoms with van der Waals surface area (Å²) in [7, 11) is 0. The molecule has 5 heteroatoms. The second kappa shape index (κ2) is 6.41. The van der Waals surface area contributed by atoms with Crippen LogP contribution in [0.5, 0.6) is 0 Å². The third kappa shape index (κ3) is 3.20. The molecule has 0 aliphatic carbocycles. The summed E-state index contributed by atoms with van der Waals surface area (Å²) in [4.78, 5) is 8.82. The number of fused-ring (bicyclic) bond motifs is 1.